The zero-order valence-electron chi connectivity index (χ0n) is 14.2. The SMILES string of the molecule is Cc1ccc(CCNC(=O)c2ccnc3nc(-c4ccoc4)[nH]c23)cn1. The topological polar surface area (TPSA) is 96.7 Å². The van der Waals surface area contributed by atoms with Crippen molar-refractivity contribution < 1.29 is 9.21 Å². The molecule has 4 aromatic heterocycles. The van der Waals surface area contributed by atoms with Crippen LogP contribution in [0.1, 0.15) is 21.6 Å². The Balaban J connectivity index is 1.50. The van der Waals surface area contributed by atoms with Crippen LogP contribution < -0.4 is 5.32 Å². The van der Waals surface area contributed by atoms with E-state index in [-0.39, 0.29) is 5.91 Å². The second kappa shape index (κ2) is 6.79. The van der Waals surface area contributed by atoms with Crippen LogP contribution in [0.5, 0.6) is 0 Å². The smallest absolute Gasteiger partial charge is 0.253 e. The lowest BCUT2D eigenvalue weighted by atomic mass is 10.2. The summed E-state index contributed by atoms with van der Waals surface area (Å²) in [5, 5.41) is 2.94. The van der Waals surface area contributed by atoms with E-state index in [0.717, 1.165) is 23.2 Å². The molecule has 2 N–H and O–H groups in total. The van der Waals surface area contributed by atoms with Gasteiger partial charge in [0.2, 0.25) is 0 Å². The fraction of sp³-hybridized carbons (Fsp3) is 0.158. The minimum atomic E-state index is -0.167. The van der Waals surface area contributed by atoms with Gasteiger partial charge in [0.05, 0.1) is 22.9 Å². The Morgan fingerprint density at radius 3 is 2.92 bits per heavy atom. The zero-order chi connectivity index (χ0) is 17.9. The fourth-order valence-corrected chi connectivity index (χ4v) is 2.70. The Bertz CT molecular complexity index is 1040. The van der Waals surface area contributed by atoms with Crippen molar-refractivity contribution in [3.63, 3.8) is 0 Å². The van der Waals surface area contributed by atoms with Gasteiger partial charge in [0.25, 0.3) is 5.91 Å². The van der Waals surface area contributed by atoms with Gasteiger partial charge in [-0.1, -0.05) is 6.07 Å². The van der Waals surface area contributed by atoms with Crippen molar-refractivity contribution in [2.75, 3.05) is 6.54 Å². The van der Waals surface area contributed by atoms with Crippen molar-refractivity contribution in [2.45, 2.75) is 13.3 Å². The lowest BCUT2D eigenvalue weighted by molar-refractivity contribution is 0.0955. The summed E-state index contributed by atoms with van der Waals surface area (Å²) in [4.78, 5) is 28.6. The molecule has 0 aliphatic rings. The Morgan fingerprint density at radius 1 is 1.23 bits per heavy atom. The standard InChI is InChI=1S/C19H17N5O2/c1-12-2-3-13(10-22-12)4-7-21-19(25)15-5-8-20-18-16(15)23-17(24-18)14-6-9-26-11-14/h2-3,5-6,8-11H,4,7H2,1H3,(H,21,25)(H,20,23,24). The summed E-state index contributed by atoms with van der Waals surface area (Å²) in [7, 11) is 0. The molecule has 0 radical (unpaired) electrons. The number of imidazole rings is 1. The molecule has 4 aromatic rings. The molecule has 0 fully saturated rings. The highest BCUT2D eigenvalue weighted by Gasteiger charge is 2.15. The average molecular weight is 347 g/mol. The molecule has 4 rings (SSSR count). The summed E-state index contributed by atoms with van der Waals surface area (Å²) in [6, 6.07) is 7.46. The minimum Gasteiger partial charge on any atom is -0.472 e. The zero-order valence-corrected chi connectivity index (χ0v) is 14.2. The van der Waals surface area contributed by atoms with Gasteiger partial charge in [-0.2, -0.15) is 0 Å². The maximum absolute atomic E-state index is 12.6. The van der Waals surface area contributed by atoms with E-state index in [2.05, 4.69) is 25.3 Å². The number of nitrogens with zero attached hydrogens (tertiary/aromatic N) is 3. The van der Waals surface area contributed by atoms with Crippen molar-refractivity contribution in [3.8, 4) is 11.4 Å². The van der Waals surface area contributed by atoms with Gasteiger partial charge in [0.1, 0.15) is 12.1 Å². The van der Waals surface area contributed by atoms with Gasteiger partial charge in [0.15, 0.2) is 5.65 Å². The van der Waals surface area contributed by atoms with Crippen LogP contribution in [0.4, 0.5) is 0 Å². The number of rotatable bonds is 5. The van der Waals surface area contributed by atoms with E-state index in [4.69, 9.17) is 4.42 Å². The van der Waals surface area contributed by atoms with Crippen LogP contribution in [-0.2, 0) is 6.42 Å². The molecule has 26 heavy (non-hydrogen) atoms. The molecule has 7 heteroatoms. The highest BCUT2D eigenvalue weighted by atomic mass is 16.3. The molecule has 0 saturated carbocycles. The van der Waals surface area contributed by atoms with Gasteiger partial charge in [-0.25, -0.2) is 9.97 Å². The van der Waals surface area contributed by atoms with Gasteiger partial charge in [0, 0.05) is 24.6 Å². The number of amides is 1. The molecule has 130 valence electrons. The molecule has 7 nitrogen and oxygen atoms in total. The third-order valence-electron chi connectivity index (χ3n) is 4.10. The third-order valence-corrected chi connectivity index (χ3v) is 4.10. The van der Waals surface area contributed by atoms with E-state index in [1.54, 1.807) is 30.9 Å². The highest BCUT2D eigenvalue weighted by molar-refractivity contribution is 6.04. The summed E-state index contributed by atoms with van der Waals surface area (Å²) in [6.45, 7) is 2.47. The minimum absolute atomic E-state index is 0.167. The number of hydrogen-bond acceptors (Lipinski definition) is 5. The van der Waals surface area contributed by atoms with E-state index in [0.29, 0.717) is 29.1 Å². The largest absolute Gasteiger partial charge is 0.472 e. The first-order valence-electron chi connectivity index (χ1n) is 8.28. The number of carbonyl (C=O) groups excluding carboxylic acids is 1. The molecular weight excluding hydrogens is 330 g/mol. The van der Waals surface area contributed by atoms with E-state index < -0.39 is 0 Å². The van der Waals surface area contributed by atoms with Crippen LogP contribution in [0.3, 0.4) is 0 Å². The number of H-pyrrole nitrogens is 1. The Kier molecular flexibility index (Phi) is 4.18. The average Bonchev–Trinajstić information content (AvgIpc) is 3.32. The summed E-state index contributed by atoms with van der Waals surface area (Å²) in [5.74, 6) is 0.451. The molecule has 0 atom stereocenters. The van der Waals surface area contributed by atoms with Crippen molar-refractivity contribution in [1.82, 2.24) is 25.3 Å². The van der Waals surface area contributed by atoms with Crippen molar-refractivity contribution in [2.24, 2.45) is 0 Å². The van der Waals surface area contributed by atoms with E-state index in [1.807, 2.05) is 25.3 Å². The molecule has 0 unspecified atom stereocenters. The quantitative estimate of drug-likeness (QED) is 0.578. The second-order valence-electron chi connectivity index (χ2n) is 5.97. The predicted molar refractivity (Wildman–Crippen MR) is 96.6 cm³/mol. The maximum atomic E-state index is 12.6. The van der Waals surface area contributed by atoms with Gasteiger partial charge in [-0.3, -0.25) is 9.78 Å². The number of aromatic nitrogens is 4. The first-order valence-corrected chi connectivity index (χ1v) is 8.28. The number of pyridine rings is 2. The van der Waals surface area contributed by atoms with Crippen molar-refractivity contribution in [3.05, 3.63) is 66.0 Å². The Labute approximate surface area is 149 Å². The molecule has 0 saturated heterocycles. The van der Waals surface area contributed by atoms with Crippen LogP contribution in [0, 0.1) is 6.92 Å². The van der Waals surface area contributed by atoms with Crippen LogP contribution in [0.2, 0.25) is 0 Å². The number of aryl methyl sites for hydroxylation is 1. The summed E-state index contributed by atoms with van der Waals surface area (Å²) >= 11 is 0. The summed E-state index contributed by atoms with van der Waals surface area (Å²) in [6.07, 6.45) is 7.30. The normalized spacial score (nSPS) is 11.0. The van der Waals surface area contributed by atoms with Gasteiger partial charge in [-0.15, -0.1) is 0 Å². The number of furan rings is 1. The molecule has 0 aromatic carbocycles. The molecule has 0 aliphatic carbocycles. The molecule has 1 amide bonds. The highest BCUT2D eigenvalue weighted by Crippen LogP contribution is 2.21. The van der Waals surface area contributed by atoms with Gasteiger partial charge >= 0.3 is 0 Å². The molecule has 0 aliphatic heterocycles. The van der Waals surface area contributed by atoms with E-state index in [9.17, 15) is 4.79 Å². The third kappa shape index (κ3) is 3.19. The van der Waals surface area contributed by atoms with Gasteiger partial charge in [-0.05, 0) is 37.1 Å². The van der Waals surface area contributed by atoms with Crippen molar-refractivity contribution >= 4 is 17.1 Å². The first kappa shape index (κ1) is 16.0. The maximum Gasteiger partial charge on any atom is 0.253 e. The monoisotopic (exact) mass is 347 g/mol. The molecule has 4 heterocycles. The van der Waals surface area contributed by atoms with E-state index in [1.165, 1.54) is 0 Å². The molecule has 0 bridgehead atoms. The Morgan fingerprint density at radius 2 is 2.15 bits per heavy atom. The predicted octanol–water partition coefficient (Wildman–Crippen LogP) is 2.89. The van der Waals surface area contributed by atoms with Crippen LogP contribution >= 0.6 is 0 Å². The second-order valence-corrected chi connectivity index (χ2v) is 5.97. The van der Waals surface area contributed by atoms with Gasteiger partial charge < -0.3 is 14.7 Å². The fourth-order valence-electron chi connectivity index (χ4n) is 2.70. The van der Waals surface area contributed by atoms with Crippen LogP contribution in [0.25, 0.3) is 22.6 Å². The number of fused-ring (bicyclic) bond motifs is 1. The molecule has 0 spiro atoms. The number of carbonyl (C=O) groups is 1. The Hall–Kier alpha value is -3.48. The number of hydrogen-bond donors (Lipinski definition) is 2. The number of nitrogens with one attached hydrogen (secondary N) is 2. The van der Waals surface area contributed by atoms with Crippen molar-refractivity contribution in [1.29, 1.82) is 0 Å². The number of aromatic amines is 1. The lowest BCUT2D eigenvalue weighted by Gasteiger charge is -2.06. The van der Waals surface area contributed by atoms with Crippen LogP contribution in [-0.4, -0.2) is 32.4 Å². The lowest BCUT2D eigenvalue weighted by Crippen LogP contribution is -2.26. The van der Waals surface area contributed by atoms with Crippen LogP contribution in [0.15, 0.2) is 53.6 Å². The van der Waals surface area contributed by atoms with E-state index >= 15 is 0 Å². The summed E-state index contributed by atoms with van der Waals surface area (Å²) in [5.41, 5.74) is 4.49. The first-order chi connectivity index (χ1) is 12.7. The molecular formula is C19H17N5O2. The summed E-state index contributed by atoms with van der Waals surface area (Å²) < 4.78 is 5.08.